The summed E-state index contributed by atoms with van der Waals surface area (Å²) >= 11 is 0. The third kappa shape index (κ3) is 7.55. The predicted molar refractivity (Wildman–Crippen MR) is 48.8 cm³/mol. The molecule has 0 aromatic rings. The molecule has 0 fully saturated rings. The molecule has 0 aliphatic carbocycles. The first kappa shape index (κ1) is 11.4. The van der Waals surface area contributed by atoms with Gasteiger partial charge in [0, 0.05) is 0 Å². The highest BCUT2D eigenvalue weighted by Crippen LogP contribution is 1.86. The summed E-state index contributed by atoms with van der Waals surface area (Å²) in [5, 5.41) is 8.45. The lowest BCUT2D eigenvalue weighted by molar-refractivity contribution is 0.0687. The van der Waals surface area contributed by atoms with Crippen molar-refractivity contribution >= 4 is 0 Å². The number of hydrogen-bond acceptors (Lipinski definition) is 3. The lowest BCUT2D eigenvalue weighted by Crippen LogP contribution is -2.13. The lowest BCUT2D eigenvalue weighted by atomic mass is 10.4. The fourth-order valence-corrected chi connectivity index (χ4v) is 0.619. The van der Waals surface area contributed by atoms with Crippen molar-refractivity contribution in [3.63, 3.8) is 0 Å². The van der Waals surface area contributed by atoms with E-state index in [1.165, 1.54) is 0 Å². The molecule has 1 N–H and O–H groups in total. The molecule has 0 bridgehead atoms. The zero-order valence-electron chi connectivity index (χ0n) is 8.00. The molecule has 12 heavy (non-hydrogen) atoms. The van der Waals surface area contributed by atoms with Gasteiger partial charge in [-0.1, -0.05) is 11.8 Å². The molecule has 0 amide bonds. The fourth-order valence-electron chi connectivity index (χ4n) is 0.619. The lowest BCUT2D eigenvalue weighted by Gasteiger charge is -2.05. The highest BCUT2D eigenvalue weighted by atomic mass is 16.5. The van der Waals surface area contributed by atoms with E-state index < -0.39 is 0 Å². The standard InChI is InChI=1S/C9H17NO2/c1-9(12-8-7-11)5-4-6-10(2)3/h9,11H,6-8H2,1-3H3. The van der Waals surface area contributed by atoms with Crippen molar-refractivity contribution in [2.75, 3.05) is 33.9 Å². The molecule has 1 atom stereocenters. The first-order valence-electron chi connectivity index (χ1n) is 4.02. The quantitative estimate of drug-likeness (QED) is 0.602. The maximum absolute atomic E-state index is 8.45. The predicted octanol–water partition coefficient (Wildman–Crippen LogP) is -0.0512. The minimum Gasteiger partial charge on any atom is -0.394 e. The maximum atomic E-state index is 8.45. The van der Waals surface area contributed by atoms with Crippen LogP contribution in [0.5, 0.6) is 0 Å². The normalized spacial score (nSPS) is 12.4. The summed E-state index contributed by atoms with van der Waals surface area (Å²) in [4.78, 5) is 1.99. The summed E-state index contributed by atoms with van der Waals surface area (Å²) in [6, 6.07) is 0. The minimum absolute atomic E-state index is 0.0553. The second-order valence-corrected chi connectivity index (χ2v) is 2.80. The molecule has 0 rings (SSSR count). The molecule has 0 aromatic carbocycles. The van der Waals surface area contributed by atoms with E-state index in [0.29, 0.717) is 6.61 Å². The second kappa shape index (κ2) is 7.11. The van der Waals surface area contributed by atoms with Gasteiger partial charge in [-0.2, -0.15) is 0 Å². The van der Waals surface area contributed by atoms with E-state index in [1.54, 1.807) is 0 Å². The second-order valence-electron chi connectivity index (χ2n) is 2.80. The zero-order chi connectivity index (χ0) is 9.40. The number of ether oxygens (including phenoxy) is 1. The Morgan fingerprint density at radius 1 is 1.50 bits per heavy atom. The highest BCUT2D eigenvalue weighted by Gasteiger charge is 1.93. The SMILES string of the molecule is CC(C#CCN(C)C)OCCO. The molecule has 0 aliphatic rings. The number of rotatable bonds is 4. The van der Waals surface area contributed by atoms with Crippen LogP contribution in [0.25, 0.3) is 0 Å². The zero-order valence-corrected chi connectivity index (χ0v) is 8.00. The molecule has 1 unspecified atom stereocenters. The van der Waals surface area contributed by atoms with Crippen LogP contribution in [-0.2, 0) is 4.74 Å². The van der Waals surface area contributed by atoms with Crippen LogP contribution in [0, 0.1) is 11.8 Å². The van der Waals surface area contributed by atoms with Crippen LogP contribution in [0.1, 0.15) is 6.92 Å². The number of aliphatic hydroxyl groups is 1. The van der Waals surface area contributed by atoms with E-state index in [4.69, 9.17) is 9.84 Å². The molecule has 0 spiro atoms. The van der Waals surface area contributed by atoms with Gasteiger partial charge >= 0.3 is 0 Å². The van der Waals surface area contributed by atoms with E-state index in [1.807, 2.05) is 25.9 Å². The molecule has 0 aromatic heterocycles. The summed E-state index contributed by atoms with van der Waals surface area (Å²) in [6.45, 7) is 3.03. The van der Waals surface area contributed by atoms with Gasteiger partial charge in [0.2, 0.25) is 0 Å². The molecule has 0 heterocycles. The van der Waals surface area contributed by atoms with Crippen LogP contribution in [0.15, 0.2) is 0 Å². The number of nitrogens with zero attached hydrogens (tertiary/aromatic N) is 1. The third-order valence-electron chi connectivity index (χ3n) is 1.16. The van der Waals surface area contributed by atoms with Crippen LogP contribution in [-0.4, -0.2) is 50.0 Å². The first-order valence-corrected chi connectivity index (χ1v) is 4.02. The van der Waals surface area contributed by atoms with Crippen molar-refractivity contribution in [3.05, 3.63) is 0 Å². The van der Waals surface area contributed by atoms with Crippen LogP contribution in [0.4, 0.5) is 0 Å². The van der Waals surface area contributed by atoms with Gasteiger partial charge in [0.15, 0.2) is 0 Å². The van der Waals surface area contributed by atoms with Crippen molar-refractivity contribution in [2.45, 2.75) is 13.0 Å². The van der Waals surface area contributed by atoms with Crippen LogP contribution >= 0.6 is 0 Å². The third-order valence-corrected chi connectivity index (χ3v) is 1.16. The fraction of sp³-hybridized carbons (Fsp3) is 0.778. The van der Waals surface area contributed by atoms with Crippen LogP contribution in [0.2, 0.25) is 0 Å². The highest BCUT2D eigenvalue weighted by molar-refractivity contribution is 5.05. The molecule has 0 radical (unpaired) electrons. The van der Waals surface area contributed by atoms with Crippen molar-refractivity contribution < 1.29 is 9.84 Å². The van der Waals surface area contributed by atoms with Gasteiger partial charge in [0.05, 0.1) is 19.8 Å². The Labute approximate surface area is 74.3 Å². The smallest absolute Gasteiger partial charge is 0.115 e. The average molecular weight is 171 g/mol. The van der Waals surface area contributed by atoms with Crippen LogP contribution in [0.3, 0.4) is 0 Å². The van der Waals surface area contributed by atoms with Gasteiger partial charge in [0.1, 0.15) is 6.10 Å². The van der Waals surface area contributed by atoms with Gasteiger partial charge in [-0.3, -0.25) is 4.90 Å². The molecule has 3 heteroatoms. The summed E-state index contributed by atoms with van der Waals surface area (Å²) in [5.41, 5.74) is 0. The van der Waals surface area contributed by atoms with Crippen molar-refractivity contribution in [3.8, 4) is 11.8 Å². The first-order chi connectivity index (χ1) is 5.66. The molecule has 0 saturated carbocycles. The van der Waals surface area contributed by atoms with E-state index in [0.717, 1.165) is 6.54 Å². The molecular weight excluding hydrogens is 154 g/mol. The van der Waals surface area contributed by atoms with Gasteiger partial charge in [-0.05, 0) is 21.0 Å². The summed E-state index contributed by atoms with van der Waals surface area (Å²) in [6.07, 6.45) is -0.0860. The Balaban J connectivity index is 3.49. The Kier molecular flexibility index (Phi) is 6.78. The van der Waals surface area contributed by atoms with Gasteiger partial charge in [-0.25, -0.2) is 0 Å². The molecule has 3 nitrogen and oxygen atoms in total. The molecule has 0 aliphatic heterocycles. The van der Waals surface area contributed by atoms with Crippen molar-refractivity contribution in [2.24, 2.45) is 0 Å². The average Bonchev–Trinajstić information content (AvgIpc) is 2.00. The summed E-state index contributed by atoms with van der Waals surface area (Å²) < 4.78 is 5.13. The summed E-state index contributed by atoms with van der Waals surface area (Å²) in [5.74, 6) is 5.89. The Bertz CT molecular complexity index is 158. The van der Waals surface area contributed by atoms with Crippen molar-refractivity contribution in [1.29, 1.82) is 0 Å². The largest absolute Gasteiger partial charge is 0.394 e. The van der Waals surface area contributed by atoms with E-state index >= 15 is 0 Å². The Hall–Kier alpha value is -0.560. The minimum atomic E-state index is -0.0860. The molecule has 0 saturated heterocycles. The van der Waals surface area contributed by atoms with E-state index in [2.05, 4.69) is 11.8 Å². The van der Waals surface area contributed by atoms with Gasteiger partial charge in [0.25, 0.3) is 0 Å². The Morgan fingerprint density at radius 3 is 2.67 bits per heavy atom. The summed E-state index contributed by atoms with van der Waals surface area (Å²) in [7, 11) is 3.93. The Morgan fingerprint density at radius 2 is 2.17 bits per heavy atom. The number of aliphatic hydroxyl groups excluding tert-OH is 1. The monoisotopic (exact) mass is 171 g/mol. The van der Waals surface area contributed by atoms with Gasteiger partial charge in [-0.15, -0.1) is 0 Å². The van der Waals surface area contributed by atoms with E-state index in [-0.39, 0.29) is 12.7 Å². The molecule has 70 valence electrons. The van der Waals surface area contributed by atoms with Crippen molar-refractivity contribution in [1.82, 2.24) is 4.90 Å². The number of hydrogen-bond donors (Lipinski definition) is 1. The van der Waals surface area contributed by atoms with Crippen LogP contribution < -0.4 is 0 Å². The van der Waals surface area contributed by atoms with E-state index in [9.17, 15) is 0 Å². The topological polar surface area (TPSA) is 32.7 Å². The van der Waals surface area contributed by atoms with Gasteiger partial charge < -0.3 is 9.84 Å². The maximum Gasteiger partial charge on any atom is 0.115 e. The molecular formula is C9H17NO2.